The molecular weight excluding hydrogens is 516 g/mol. The van der Waals surface area contributed by atoms with E-state index < -0.39 is 5.91 Å². The number of hydrogen-bond donors (Lipinski definition) is 4. The van der Waals surface area contributed by atoms with Gasteiger partial charge in [0.2, 0.25) is 0 Å². The van der Waals surface area contributed by atoms with Gasteiger partial charge in [0.05, 0.1) is 33.9 Å². The van der Waals surface area contributed by atoms with Gasteiger partial charge in [0.1, 0.15) is 0 Å². The van der Waals surface area contributed by atoms with E-state index in [0.717, 1.165) is 63.0 Å². The number of nitrogens with two attached hydrogens (primary N) is 3. The van der Waals surface area contributed by atoms with Crippen molar-refractivity contribution in [3.8, 4) is 0 Å². The number of halogens is 1. The Morgan fingerprint density at radius 1 is 1.05 bits per heavy atom. The minimum absolute atomic E-state index is 0.00813. The zero-order valence-electron chi connectivity index (χ0n) is 23.1. The summed E-state index contributed by atoms with van der Waals surface area (Å²) in [6, 6.07) is 10.5. The number of benzene rings is 1. The van der Waals surface area contributed by atoms with Crippen LogP contribution in [0.5, 0.6) is 0 Å². The Morgan fingerprint density at radius 3 is 2.36 bits per heavy atom. The SMILES string of the molecule is C[N+]1(C)CCN(CN2CCC(CCc3ccccc3)(CN=C(N)NC(=O)c3nc(Cl)c(N)nc3N)CC2)CC1. The van der Waals surface area contributed by atoms with E-state index in [0.29, 0.717) is 6.54 Å². The number of nitrogens with one attached hydrogen (secondary N) is 1. The van der Waals surface area contributed by atoms with Crippen LogP contribution in [0.4, 0.5) is 11.6 Å². The van der Waals surface area contributed by atoms with Crippen molar-refractivity contribution in [2.75, 3.05) is 78.0 Å². The summed E-state index contributed by atoms with van der Waals surface area (Å²) in [7, 11) is 4.61. The van der Waals surface area contributed by atoms with Crippen LogP contribution in [0.15, 0.2) is 35.3 Å². The Labute approximate surface area is 236 Å². The fourth-order valence-corrected chi connectivity index (χ4v) is 5.39. The van der Waals surface area contributed by atoms with Crippen LogP contribution in [0.25, 0.3) is 0 Å². The molecule has 0 bridgehead atoms. The summed E-state index contributed by atoms with van der Waals surface area (Å²) in [5, 5.41) is 2.48. The van der Waals surface area contributed by atoms with E-state index in [1.54, 1.807) is 0 Å². The molecule has 3 heterocycles. The molecule has 2 aliphatic rings. The van der Waals surface area contributed by atoms with Crippen molar-refractivity contribution >= 4 is 35.1 Å². The first kappa shape index (κ1) is 29.0. The van der Waals surface area contributed by atoms with Crippen molar-refractivity contribution in [3.05, 3.63) is 46.7 Å². The highest BCUT2D eigenvalue weighted by Gasteiger charge is 2.35. The molecule has 2 aromatic rings. The Morgan fingerprint density at radius 2 is 1.69 bits per heavy atom. The highest BCUT2D eigenvalue weighted by molar-refractivity contribution is 6.31. The van der Waals surface area contributed by atoms with E-state index in [2.05, 4.69) is 68.4 Å². The molecule has 0 spiro atoms. The van der Waals surface area contributed by atoms with Crippen molar-refractivity contribution in [1.29, 1.82) is 0 Å². The molecule has 0 unspecified atom stereocenters. The molecule has 39 heavy (non-hydrogen) atoms. The Balaban J connectivity index is 1.39. The lowest BCUT2D eigenvalue weighted by atomic mass is 9.74. The van der Waals surface area contributed by atoms with Gasteiger partial charge in [-0.2, -0.15) is 0 Å². The van der Waals surface area contributed by atoms with Crippen LogP contribution >= 0.6 is 11.6 Å². The van der Waals surface area contributed by atoms with Gasteiger partial charge in [0, 0.05) is 19.6 Å². The number of hydrogen-bond acceptors (Lipinski definition) is 8. The van der Waals surface area contributed by atoms with Crippen molar-refractivity contribution in [2.24, 2.45) is 16.1 Å². The van der Waals surface area contributed by atoms with Gasteiger partial charge in [-0.1, -0.05) is 41.9 Å². The number of amides is 1. The second kappa shape index (κ2) is 12.5. The van der Waals surface area contributed by atoms with Gasteiger partial charge < -0.3 is 21.7 Å². The lowest BCUT2D eigenvalue weighted by molar-refractivity contribution is -0.894. The van der Waals surface area contributed by atoms with Gasteiger partial charge in [-0.05, 0) is 49.8 Å². The Kier molecular flexibility index (Phi) is 9.27. The molecule has 1 aromatic heterocycles. The first-order chi connectivity index (χ1) is 18.5. The number of likely N-dealkylation sites (tertiary alicyclic amines) is 1. The number of anilines is 2. The number of piperazine rings is 1. The number of piperidine rings is 1. The van der Waals surface area contributed by atoms with Gasteiger partial charge in [-0.25, -0.2) is 9.97 Å². The molecule has 11 nitrogen and oxygen atoms in total. The van der Waals surface area contributed by atoms with Crippen molar-refractivity contribution in [3.63, 3.8) is 0 Å². The highest BCUT2D eigenvalue weighted by atomic mass is 35.5. The number of carbonyl (C=O) groups excluding carboxylic acids is 1. The number of nitrogens with zero attached hydrogens (tertiary/aromatic N) is 6. The van der Waals surface area contributed by atoms with E-state index in [1.807, 2.05) is 6.07 Å². The molecular formula is C27H42ClN10O+. The number of likely N-dealkylation sites (N-methyl/N-ethyl adjacent to an activating group) is 1. The van der Waals surface area contributed by atoms with Crippen LogP contribution in [0.3, 0.4) is 0 Å². The summed E-state index contributed by atoms with van der Waals surface area (Å²) in [6.45, 7) is 8.22. The van der Waals surface area contributed by atoms with Crippen molar-refractivity contribution in [1.82, 2.24) is 25.1 Å². The number of nitrogen functional groups attached to an aromatic ring is 2. The van der Waals surface area contributed by atoms with Crippen LogP contribution < -0.4 is 22.5 Å². The molecule has 2 fully saturated rings. The maximum Gasteiger partial charge on any atom is 0.280 e. The minimum Gasteiger partial charge on any atom is -0.382 e. The molecule has 1 aromatic carbocycles. The molecule has 212 valence electrons. The van der Waals surface area contributed by atoms with E-state index in [1.165, 1.54) is 18.7 Å². The van der Waals surface area contributed by atoms with Crippen LogP contribution in [-0.2, 0) is 6.42 Å². The standard InChI is InChI=1S/C27H41ClN10O/c1-38(2)16-14-37(15-17-38)19-36-12-10-27(11-13-36,9-8-20-6-4-3-5-7-20)18-32-26(31)35-25(39)21-23(29)34-24(30)22(28)33-21/h3-7H,8-19H2,1-2H3,(H6-,29,30,31,32,34,35,39)/p+1. The second-order valence-corrected chi connectivity index (χ2v) is 11.9. The normalized spacial score (nSPS) is 20.0. The van der Waals surface area contributed by atoms with Gasteiger partial charge >= 0.3 is 0 Å². The number of carbonyl (C=O) groups is 1. The lowest BCUT2D eigenvalue weighted by Gasteiger charge is -2.45. The monoisotopic (exact) mass is 557 g/mol. The average molecular weight is 558 g/mol. The lowest BCUT2D eigenvalue weighted by Crippen LogP contribution is -2.57. The summed E-state index contributed by atoms with van der Waals surface area (Å²) in [4.78, 5) is 30.2. The third kappa shape index (κ3) is 8.01. The predicted octanol–water partition coefficient (Wildman–Crippen LogP) is 1.40. The van der Waals surface area contributed by atoms with Crippen LogP contribution in [-0.4, -0.2) is 103 Å². The van der Waals surface area contributed by atoms with E-state index in [9.17, 15) is 4.79 Å². The predicted molar refractivity (Wildman–Crippen MR) is 156 cm³/mol. The van der Waals surface area contributed by atoms with Gasteiger partial charge in [0.15, 0.2) is 28.4 Å². The smallest absolute Gasteiger partial charge is 0.280 e. The zero-order valence-corrected chi connectivity index (χ0v) is 23.8. The minimum atomic E-state index is -0.625. The maximum atomic E-state index is 12.7. The molecule has 0 aliphatic carbocycles. The zero-order chi connectivity index (χ0) is 28.0. The fourth-order valence-electron chi connectivity index (χ4n) is 5.26. The largest absolute Gasteiger partial charge is 0.382 e. The third-order valence-corrected chi connectivity index (χ3v) is 8.37. The summed E-state index contributed by atoms with van der Waals surface area (Å²) in [5.41, 5.74) is 18.7. The van der Waals surface area contributed by atoms with Crippen molar-refractivity contribution < 1.29 is 9.28 Å². The van der Waals surface area contributed by atoms with Gasteiger partial charge in [-0.3, -0.25) is 24.9 Å². The first-order valence-corrected chi connectivity index (χ1v) is 13.9. The van der Waals surface area contributed by atoms with Crippen LogP contribution in [0.2, 0.25) is 5.15 Å². The van der Waals surface area contributed by atoms with Crippen LogP contribution in [0, 0.1) is 5.41 Å². The van der Waals surface area contributed by atoms with Gasteiger partial charge in [0.25, 0.3) is 5.91 Å². The summed E-state index contributed by atoms with van der Waals surface area (Å²) < 4.78 is 1.10. The first-order valence-electron chi connectivity index (χ1n) is 13.5. The third-order valence-electron chi connectivity index (χ3n) is 8.09. The number of aromatic nitrogens is 2. The summed E-state index contributed by atoms with van der Waals surface area (Å²) in [6.07, 6.45) is 4.01. The molecule has 0 atom stereocenters. The molecule has 12 heteroatoms. The Bertz CT molecular complexity index is 1150. The molecule has 7 N–H and O–H groups in total. The second-order valence-electron chi connectivity index (χ2n) is 11.5. The molecule has 0 radical (unpaired) electrons. The van der Waals surface area contributed by atoms with Crippen LogP contribution in [0.1, 0.15) is 35.3 Å². The summed E-state index contributed by atoms with van der Waals surface area (Å²) >= 11 is 5.92. The van der Waals surface area contributed by atoms with Crippen molar-refractivity contribution in [2.45, 2.75) is 25.7 Å². The number of quaternary nitrogens is 1. The molecule has 4 rings (SSSR count). The van der Waals surface area contributed by atoms with E-state index in [4.69, 9.17) is 28.8 Å². The van der Waals surface area contributed by atoms with Gasteiger partial charge in [-0.15, -0.1) is 0 Å². The number of guanidine groups is 1. The number of rotatable bonds is 8. The maximum absolute atomic E-state index is 12.7. The Hall–Kier alpha value is -2.99. The molecule has 0 saturated carbocycles. The topological polar surface area (TPSA) is 152 Å². The fraction of sp³-hybridized carbons (Fsp3) is 0.556. The number of aryl methyl sites for hydroxylation is 1. The average Bonchev–Trinajstić information content (AvgIpc) is 2.91. The van der Waals surface area contributed by atoms with E-state index in [-0.39, 0.29) is 33.9 Å². The van der Waals surface area contributed by atoms with E-state index >= 15 is 0 Å². The molecule has 2 saturated heterocycles. The number of aliphatic imine (C=N–C) groups is 1. The summed E-state index contributed by atoms with van der Waals surface area (Å²) in [5.74, 6) is -0.767. The molecule has 2 aliphatic heterocycles. The quantitative estimate of drug-likeness (QED) is 0.216. The highest BCUT2D eigenvalue weighted by Crippen LogP contribution is 2.37. The molecule has 1 amide bonds.